The Morgan fingerprint density at radius 3 is 2.79 bits per heavy atom. The van der Waals surface area contributed by atoms with Gasteiger partial charge in [-0.05, 0) is 43.0 Å². The fourth-order valence-corrected chi connectivity index (χ4v) is 4.59. The number of nitrogens with one attached hydrogen (secondary N) is 2. The maximum absolute atomic E-state index is 12.8. The summed E-state index contributed by atoms with van der Waals surface area (Å²) in [6.45, 7) is 4.52. The molecule has 7 heteroatoms. The summed E-state index contributed by atoms with van der Waals surface area (Å²) in [5.74, 6) is 1.04. The van der Waals surface area contributed by atoms with Gasteiger partial charge in [0.15, 0.2) is 0 Å². The summed E-state index contributed by atoms with van der Waals surface area (Å²) >= 11 is 3.13. The molecule has 1 aromatic carbocycles. The van der Waals surface area contributed by atoms with Crippen molar-refractivity contribution in [3.8, 4) is 0 Å². The fraction of sp³-hybridized carbons (Fsp3) is 0.333. The summed E-state index contributed by atoms with van der Waals surface area (Å²) in [5, 5.41) is 8.00. The minimum Gasteiger partial charge on any atom is -0.496 e. The molecule has 0 fully saturated rings. The Hall–Kier alpha value is -2.25. The van der Waals surface area contributed by atoms with Crippen LogP contribution < -0.4 is 10.6 Å². The molecule has 2 amide bonds. The number of anilines is 1. The van der Waals surface area contributed by atoms with Crippen molar-refractivity contribution in [2.75, 3.05) is 17.7 Å². The van der Waals surface area contributed by atoms with Crippen LogP contribution in [-0.2, 0) is 9.53 Å². The van der Waals surface area contributed by atoms with Gasteiger partial charge in [0.2, 0.25) is 0 Å². The van der Waals surface area contributed by atoms with E-state index in [1.165, 1.54) is 11.8 Å². The molecule has 1 atom stereocenters. The van der Waals surface area contributed by atoms with Gasteiger partial charge in [0.25, 0.3) is 11.8 Å². The third-order valence-corrected chi connectivity index (χ3v) is 6.44. The van der Waals surface area contributed by atoms with Crippen LogP contribution in [0.1, 0.15) is 48.0 Å². The number of benzene rings is 1. The van der Waals surface area contributed by atoms with E-state index in [1.807, 2.05) is 17.5 Å². The van der Waals surface area contributed by atoms with E-state index in [9.17, 15) is 9.59 Å². The molecule has 0 spiro atoms. The highest BCUT2D eigenvalue weighted by Gasteiger charge is 2.20. The zero-order valence-electron chi connectivity index (χ0n) is 16.0. The standard InChI is InChI=1S/C21H24N2O3S2/c1-3-6-17(18-9-5-11-27-18)23-20(24)15-7-4-8-16(13-15)22-21(25)19-14(2)26-10-12-28-19/h4-5,7-9,11,13,17H,3,6,10,12H2,1-2H3,(H,22,25)(H,23,24). The maximum atomic E-state index is 12.8. The second kappa shape index (κ2) is 9.80. The summed E-state index contributed by atoms with van der Waals surface area (Å²) in [6.07, 6.45) is 1.86. The molecule has 2 heterocycles. The highest BCUT2D eigenvalue weighted by molar-refractivity contribution is 8.04. The van der Waals surface area contributed by atoms with Crippen molar-refractivity contribution in [3.63, 3.8) is 0 Å². The molecule has 1 aromatic heterocycles. The van der Waals surface area contributed by atoms with Crippen molar-refractivity contribution in [3.05, 3.63) is 62.9 Å². The largest absolute Gasteiger partial charge is 0.496 e. The van der Waals surface area contributed by atoms with Crippen LogP contribution in [0.2, 0.25) is 0 Å². The number of carbonyl (C=O) groups excluding carboxylic acids is 2. The minimum absolute atomic E-state index is 0.000611. The van der Waals surface area contributed by atoms with Gasteiger partial charge in [-0.25, -0.2) is 0 Å². The first kappa shape index (κ1) is 20.5. The van der Waals surface area contributed by atoms with Crippen LogP contribution in [0.5, 0.6) is 0 Å². The lowest BCUT2D eigenvalue weighted by atomic mass is 10.1. The van der Waals surface area contributed by atoms with Gasteiger partial charge in [-0.2, -0.15) is 0 Å². The van der Waals surface area contributed by atoms with E-state index in [0.29, 0.717) is 28.5 Å². The van der Waals surface area contributed by atoms with Gasteiger partial charge in [0.1, 0.15) is 10.7 Å². The number of allylic oxidation sites excluding steroid dienone is 1. The molecule has 2 N–H and O–H groups in total. The molecule has 0 bridgehead atoms. The van der Waals surface area contributed by atoms with Gasteiger partial charge in [-0.3, -0.25) is 9.59 Å². The Labute approximate surface area is 173 Å². The number of rotatable bonds is 7. The molecule has 148 valence electrons. The van der Waals surface area contributed by atoms with Crippen LogP contribution in [0.3, 0.4) is 0 Å². The van der Waals surface area contributed by atoms with E-state index in [1.54, 1.807) is 42.5 Å². The minimum atomic E-state index is -0.206. The molecular weight excluding hydrogens is 392 g/mol. The summed E-state index contributed by atoms with van der Waals surface area (Å²) in [6, 6.07) is 11.0. The van der Waals surface area contributed by atoms with Gasteiger partial charge >= 0.3 is 0 Å². The van der Waals surface area contributed by atoms with Crippen LogP contribution >= 0.6 is 23.1 Å². The molecule has 1 unspecified atom stereocenters. The second-order valence-corrected chi connectivity index (χ2v) is 8.53. The number of thiophene rings is 1. The normalized spacial score (nSPS) is 14.9. The molecule has 0 radical (unpaired) electrons. The van der Waals surface area contributed by atoms with Crippen molar-refractivity contribution < 1.29 is 14.3 Å². The van der Waals surface area contributed by atoms with Gasteiger partial charge in [-0.1, -0.05) is 25.5 Å². The molecule has 1 aliphatic heterocycles. The molecule has 0 saturated carbocycles. The number of ether oxygens (including phenoxy) is 1. The summed E-state index contributed by atoms with van der Waals surface area (Å²) in [7, 11) is 0. The van der Waals surface area contributed by atoms with Crippen molar-refractivity contribution in [2.45, 2.75) is 32.7 Å². The molecule has 0 saturated heterocycles. The Morgan fingerprint density at radius 2 is 2.07 bits per heavy atom. The van der Waals surface area contributed by atoms with E-state index in [-0.39, 0.29) is 17.9 Å². The number of hydrogen-bond acceptors (Lipinski definition) is 5. The van der Waals surface area contributed by atoms with Crippen LogP contribution in [0.4, 0.5) is 5.69 Å². The lowest BCUT2D eigenvalue weighted by molar-refractivity contribution is -0.112. The fourth-order valence-electron chi connectivity index (χ4n) is 2.96. The number of carbonyl (C=O) groups is 2. The van der Waals surface area contributed by atoms with Crippen LogP contribution in [0, 0.1) is 0 Å². The Bertz CT molecular complexity index is 862. The van der Waals surface area contributed by atoms with E-state index >= 15 is 0 Å². The molecule has 3 rings (SSSR count). The van der Waals surface area contributed by atoms with Crippen molar-refractivity contribution in [1.82, 2.24) is 5.32 Å². The molecule has 28 heavy (non-hydrogen) atoms. The topological polar surface area (TPSA) is 67.4 Å². The van der Waals surface area contributed by atoms with Gasteiger partial charge in [-0.15, -0.1) is 23.1 Å². The number of amides is 2. The van der Waals surface area contributed by atoms with Crippen molar-refractivity contribution >= 4 is 40.6 Å². The quantitative estimate of drug-likeness (QED) is 0.670. The summed E-state index contributed by atoms with van der Waals surface area (Å²) in [5.41, 5.74) is 1.11. The van der Waals surface area contributed by atoms with Gasteiger partial charge < -0.3 is 15.4 Å². The SMILES string of the molecule is CCCC(NC(=O)c1cccc(NC(=O)C2=C(C)OCCS2)c1)c1cccs1. The zero-order valence-corrected chi connectivity index (χ0v) is 17.6. The Kier molecular flexibility index (Phi) is 7.17. The van der Waals surface area contributed by atoms with Gasteiger partial charge in [0, 0.05) is 21.9 Å². The molecular formula is C21H24N2O3S2. The predicted octanol–water partition coefficient (Wildman–Crippen LogP) is 4.95. The van der Waals surface area contributed by atoms with Gasteiger partial charge in [0.05, 0.1) is 12.6 Å². The van der Waals surface area contributed by atoms with Crippen LogP contribution in [0.25, 0.3) is 0 Å². The number of thioether (sulfide) groups is 1. The van der Waals surface area contributed by atoms with E-state index < -0.39 is 0 Å². The van der Waals surface area contributed by atoms with Crippen molar-refractivity contribution in [2.24, 2.45) is 0 Å². The maximum Gasteiger partial charge on any atom is 0.265 e. The van der Waals surface area contributed by atoms with Crippen molar-refractivity contribution in [1.29, 1.82) is 0 Å². The lowest BCUT2D eigenvalue weighted by Gasteiger charge is -2.18. The monoisotopic (exact) mass is 416 g/mol. The first-order valence-corrected chi connectivity index (χ1v) is 11.2. The highest BCUT2D eigenvalue weighted by Crippen LogP contribution is 2.27. The summed E-state index contributed by atoms with van der Waals surface area (Å²) < 4.78 is 5.45. The van der Waals surface area contributed by atoms with Crippen LogP contribution in [-0.4, -0.2) is 24.2 Å². The average Bonchev–Trinajstić information content (AvgIpc) is 3.23. The first-order chi connectivity index (χ1) is 13.6. The van der Waals surface area contributed by atoms with E-state index in [0.717, 1.165) is 23.5 Å². The third-order valence-electron chi connectivity index (χ3n) is 4.33. The lowest BCUT2D eigenvalue weighted by Crippen LogP contribution is -2.28. The first-order valence-electron chi connectivity index (χ1n) is 9.30. The van der Waals surface area contributed by atoms with E-state index in [4.69, 9.17) is 4.74 Å². The number of hydrogen-bond donors (Lipinski definition) is 2. The third kappa shape index (κ3) is 5.17. The molecule has 2 aromatic rings. The molecule has 1 aliphatic rings. The Balaban J connectivity index is 1.70. The average molecular weight is 417 g/mol. The second-order valence-electron chi connectivity index (χ2n) is 6.45. The zero-order chi connectivity index (χ0) is 19.9. The smallest absolute Gasteiger partial charge is 0.265 e. The summed E-state index contributed by atoms with van der Waals surface area (Å²) in [4.78, 5) is 27.0. The highest BCUT2D eigenvalue weighted by atomic mass is 32.2. The van der Waals surface area contributed by atoms with Crippen LogP contribution in [0.15, 0.2) is 52.4 Å². The van der Waals surface area contributed by atoms with E-state index in [2.05, 4.69) is 17.6 Å². The molecule has 5 nitrogen and oxygen atoms in total. The Morgan fingerprint density at radius 1 is 1.21 bits per heavy atom. The molecule has 0 aliphatic carbocycles. The predicted molar refractivity (Wildman–Crippen MR) is 116 cm³/mol.